The zero-order valence-electron chi connectivity index (χ0n) is 12.8. The number of halogens is 1. The van der Waals surface area contributed by atoms with Crippen molar-refractivity contribution in [3.05, 3.63) is 64.9 Å². The zero-order valence-corrected chi connectivity index (χ0v) is 13.6. The molecule has 24 heavy (non-hydrogen) atoms. The number of furan rings is 1. The largest absolute Gasteiger partial charge is 0.450 e. The molecular formula is C18H14ClNO4. The molecule has 3 aromatic rings. The van der Waals surface area contributed by atoms with Gasteiger partial charge in [0.1, 0.15) is 5.58 Å². The van der Waals surface area contributed by atoms with Crippen LogP contribution in [-0.4, -0.2) is 18.5 Å². The van der Waals surface area contributed by atoms with E-state index in [1.54, 1.807) is 37.3 Å². The smallest absolute Gasteiger partial charge is 0.375 e. The highest BCUT2D eigenvalue weighted by molar-refractivity contribution is 6.33. The number of rotatable bonds is 4. The molecule has 0 aliphatic heterocycles. The van der Waals surface area contributed by atoms with Crippen LogP contribution >= 0.6 is 11.6 Å². The molecule has 122 valence electrons. The number of para-hydroxylation sites is 2. The molecule has 3 rings (SSSR count). The SMILES string of the molecule is Cc1c(C(=O)OCC(=O)Nc2ccccc2Cl)oc2ccccc12. The summed E-state index contributed by atoms with van der Waals surface area (Å²) < 4.78 is 10.5. The fourth-order valence-electron chi connectivity index (χ4n) is 2.31. The number of hydrogen-bond acceptors (Lipinski definition) is 4. The van der Waals surface area contributed by atoms with E-state index in [4.69, 9.17) is 20.8 Å². The third-order valence-electron chi connectivity index (χ3n) is 3.51. The van der Waals surface area contributed by atoms with Crippen LogP contribution in [0.15, 0.2) is 52.9 Å². The standard InChI is InChI=1S/C18H14ClNO4/c1-11-12-6-2-5-9-15(12)24-17(11)18(22)23-10-16(21)20-14-8-4-3-7-13(14)19/h2-9H,10H2,1H3,(H,20,21). The minimum Gasteiger partial charge on any atom is -0.450 e. The first kappa shape index (κ1) is 16.1. The molecular weight excluding hydrogens is 330 g/mol. The van der Waals surface area contributed by atoms with Gasteiger partial charge in [0.25, 0.3) is 5.91 Å². The van der Waals surface area contributed by atoms with Crippen molar-refractivity contribution in [2.45, 2.75) is 6.92 Å². The summed E-state index contributed by atoms with van der Waals surface area (Å²) in [5, 5.41) is 3.83. The number of benzene rings is 2. The first-order valence-electron chi connectivity index (χ1n) is 7.26. The zero-order chi connectivity index (χ0) is 17.1. The van der Waals surface area contributed by atoms with Crippen molar-refractivity contribution in [2.24, 2.45) is 0 Å². The van der Waals surface area contributed by atoms with E-state index in [0.717, 1.165) is 5.39 Å². The van der Waals surface area contributed by atoms with Crippen LogP contribution in [0.1, 0.15) is 16.1 Å². The van der Waals surface area contributed by atoms with E-state index in [-0.39, 0.29) is 5.76 Å². The van der Waals surface area contributed by atoms with Crippen LogP contribution in [0.25, 0.3) is 11.0 Å². The quantitative estimate of drug-likeness (QED) is 0.721. The molecule has 2 aromatic carbocycles. The van der Waals surface area contributed by atoms with E-state index >= 15 is 0 Å². The fraction of sp³-hybridized carbons (Fsp3) is 0.111. The molecule has 1 aromatic heterocycles. The van der Waals surface area contributed by atoms with Gasteiger partial charge in [0.05, 0.1) is 10.7 Å². The maximum absolute atomic E-state index is 12.1. The number of fused-ring (bicyclic) bond motifs is 1. The molecule has 0 unspecified atom stereocenters. The van der Waals surface area contributed by atoms with Gasteiger partial charge in [-0.1, -0.05) is 41.9 Å². The number of aryl methyl sites for hydroxylation is 1. The van der Waals surface area contributed by atoms with Crippen LogP contribution in [0.2, 0.25) is 5.02 Å². The number of esters is 1. The van der Waals surface area contributed by atoms with Gasteiger partial charge in [0.15, 0.2) is 6.61 Å². The van der Waals surface area contributed by atoms with Crippen LogP contribution < -0.4 is 5.32 Å². The van der Waals surface area contributed by atoms with Crippen molar-refractivity contribution in [2.75, 3.05) is 11.9 Å². The van der Waals surface area contributed by atoms with E-state index < -0.39 is 18.5 Å². The average Bonchev–Trinajstić information content (AvgIpc) is 2.92. The Kier molecular flexibility index (Phi) is 4.53. The van der Waals surface area contributed by atoms with Gasteiger partial charge in [-0.3, -0.25) is 4.79 Å². The Balaban J connectivity index is 1.65. The van der Waals surface area contributed by atoms with Crippen molar-refractivity contribution in [3.8, 4) is 0 Å². The highest BCUT2D eigenvalue weighted by Gasteiger charge is 2.19. The van der Waals surface area contributed by atoms with Crippen molar-refractivity contribution >= 4 is 40.1 Å². The number of carbonyl (C=O) groups is 2. The molecule has 1 heterocycles. The van der Waals surface area contributed by atoms with Gasteiger partial charge in [-0.25, -0.2) is 4.79 Å². The third kappa shape index (κ3) is 3.26. The topological polar surface area (TPSA) is 68.5 Å². The summed E-state index contributed by atoms with van der Waals surface area (Å²) in [6, 6.07) is 14.1. The Morgan fingerprint density at radius 3 is 2.58 bits per heavy atom. The summed E-state index contributed by atoms with van der Waals surface area (Å²) in [6.07, 6.45) is 0. The fourth-order valence-corrected chi connectivity index (χ4v) is 2.50. The van der Waals surface area contributed by atoms with E-state index in [9.17, 15) is 9.59 Å². The molecule has 0 fully saturated rings. The van der Waals surface area contributed by atoms with Gasteiger partial charge in [-0.2, -0.15) is 0 Å². The lowest BCUT2D eigenvalue weighted by molar-refractivity contribution is -0.119. The lowest BCUT2D eigenvalue weighted by atomic mass is 10.1. The number of ether oxygens (including phenoxy) is 1. The molecule has 0 bridgehead atoms. The molecule has 5 nitrogen and oxygen atoms in total. The van der Waals surface area contributed by atoms with Crippen LogP contribution in [0, 0.1) is 6.92 Å². The van der Waals surface area contributed by atoms with Gasteiger partial charge in [-0.15, -0.1) is 0 Å². The maximum Gasteiger partial charge on any atom is 0.375 e. The second kappa shape index (κ2) is 6.76. The Hall–Kier alpha value is -2.79. The van der Waals surface area contributed by atoms with Gasteiger partial charge >= 0.3 is 5.97 Å². The number of carbonyl (C=O) groups excluding carboxylic acids is 2. The lowest BCUT2D eigenvalue weighted by Crippen LogP contribution is -2.21. The van der Waals surface area contributed by atoms with E-state index in [0.29, 0.717) is 21.9 Å². The lowest BCUT2D eigenvalue weighted by Gasteiger charge is -2.07. The molecule has 0 saturated carbocycles. The van der Waals surface area contributed by atoms with Crippen molar-refractivity contribution in [3.63, 3.8) is 0 Å². The number of hydrogen-bond donors (Lipinski definition) is 1. The van der Waals surface area contributed by atoms with Crippen molar-refractivity contribution < 1.29 is 18.7 Å². The summed E-state index contributed by atoms with van der Waals surface area (Å²) in [5.41, 5.74) is 1.74. The van der Waals surface area contributed by atoms with Gasteiger partial charge in [-0.05, 0) is 25.1 Å². The van der Waals surface area contributed by atoms with Gasteiger partial charge in [0, 0.05) is 10.9 Å². The maximum atomic E-state index is 12.1. The summed E-state index contributed by atoms with van der Waals surface area (Å²) in [5.74, 6) is -1.06. The molecule has 6 heteroatoms. The van der Waals surface area contributed by atoms with Crippen LogP contribution in [0.5, 0.6) is 0 Å². The van der Waals surface area contributed by atoms with Crippen molar-refractivity contribution in [1.29, 1.82) is 0 Å². The number of anilines is 1. The number of nitrogens with one attached hydrogen (secondary N) is 1. The van der Waals surface area contributed by atoms with E-state index in [1.807, 2.05) is 18.2 Å². The Morgan fingerprint density at radius 2 is 1.83 bits per heavy atom. The van der Waals surface area contributed by atoms with E-state index in [1.165, 1.54) is 0 Å². The summed E-state index contributed by atoms with van der Waals surface area (Å²) in [7, 11) is 0. The Labute approximate surface area is 143 Å². The summed E-state index contributed by atoms with van der Waals surface area (Å²) in [6.45, 7) is 1.34. The number of amides is 1. The molecule has 1 amide bonds. The third-order valence-corrected chi connectivity index (χ3v) is 3.84. The molecule has 0 radical (unpaired) electrons. The predicted molar refractivity (Wildman–Crippen MR) is 91.3 cm³/mol. The molecule has 0 atom stereocenters. The minimum absolute atomic E-state index is 0.0988. The Bertz CT molecular complexity index is 916. The Morgan fingerprint density at radius 1 is 1.12 bits per heavy atom. The van der Waals surface area contributed by atoms with E-state index in [2.05, 4.69) is 5.32 Å². The minimum atomic E-state index is -0.682. The normalized spacial score (nSPS) is 10.6. The summed E-state index contributed by atoms with van der Waals surface area (Å²) in [4.78, 5) is 24.0. The second-order valence-corrected chi connectivity index (χ2v) is 5.56. The monoisotopic (exact) mass is 343 g/mol. The molecule has 0 aliphatic carbocycles. The van der Waals surface area contributed by atoms with Gasteiger partial charge in [0.2, 0.25) is 5.76 Å². The highest BCUT2D eigenvalue weighted by atomic mass is 35.5. The van der Waals surface area contributed by atoms with Crippen LogP contribution in [0.4, 0.5) is 5.69 Å². The molecule has 0 spiro atoms. The van der Waals surface area contributed by atoms with Gasteiger partial charge < -0.3 is 14.5 Å². The molecule has 0 aliphatic rings. The highest BCUT2D eigenvalue weighted by Crippen LogP contribution is 2.25. The van der Waals surface area contributed by atoms with Crippen LogP contribution in [0.3, 0.4) is 0 Å². The first-order valence-corrected chi connectivity index (χ1v) is 7.63. The molecule has 1 N–H and O–H groups in total. The molecule has 0 saturated heterocycles. The average molecular weight is 344 g/mol. The second-order valence-electron chi connectivity index (χ2n) is 5.16. The summed E-state index contributed by atoms with van der Waals surface area (Å²) >= 11 is 5.96. The first-order chi connectivity index (χ1) is 11.6. The van der Waals surface area contributed by atoms with Crippen LogP contribution in [-0.2, 0) is 9.53 Å². The predicted octanol–water partition coefficient (Wildman–Crippen LogP) is 4.19. The van der Waals surface area contributed by atoms with Crippen molar-refractivity contribution in [1.82, 2.24) is 0 Å².